The summed E-state index contributed by atoms with van der Waals surface area (Å²) >= 11 is 0. The van der Waals surface area contributed by atoms with Crippen LogP contribution in [0.25, 0.3) is 0 Å². The van der Waals surface area contributed by atoms with Crippen molar-refractivity contribution in [2.45, 2.75) is 116 Å². The highest BCUT2D eigenvalue weighted by Crippen LogP contribution is 2.19. The van der Waals surface area contributed by atoms with Crippen LogP contribution in [0, 0.1) is 0 Å². The molecule has 1 nitrogen and oxygen atoms in total. The summed E-state index contributed by atoms with van der Waals surface area (Å²) in [5.74, 6) is 0. The maximum absolute atomic E-state index is 5.78. The van der Waals surface area contributed by atoms with Gasteiger partial charge >= 0.3 is 0 Å². The van der Waals surface area contributed by atoms with Crippen LogP contribution in [0.15, 0.2) is 0 Å². The van der Waals surface area contributed by atoms with Crippen molar-refractivity contribution in [1.29, 1.82) is 0 Å². The van der Waals surface area contributed by atoms with E-state index in [1.54, 1.807) is 0 Å². The topological polar surface area (TPSA) is 9.23 Å². The van der Waals surface area contributed by atoms with E-state index in [1.807, 2.05) is 0 Å². The van der Waals surface area contributed by atoms with Crippen LogP contribution >= 0.6 is 0 Å². The average molecular weight is 283 g/mol. The summed E-state index contributed by atoms with van der Waals surface area (Å²) < 4.78 is 5.78. The molecule has 0 N–H and O–H groups in total. The van der Waals surface area contributed by atoms with Gasteiger partial charge < -0.3 is 4.74 Å². The van der Waals surface area contributed by atoms with Gasteiger partial charge in [-0.1, -0.05) is 84.0 Å². The number of hydrogen-bond acceptors (Lipinski definition) is 1. The first kappa shape index (κ1) is 18.0. The molecule has 20 heavy (non-hydrogen) atoms. The molecule has 1 saturated heterocycles. The lowest BCUT2D eigenvalue weighted by atomic mass is 10.0. The summed E-state index contributed by atoms with van der Waals surface area (Å²) in [6, 6.07) is 0. The molecular weight excluding hydrogens is 244 g/mol. The minimum absolute atomic E-state index is 0.604. The minimum Gasteiger partial charge on any atom is -0.378 e. The molecule has 1 aliphatic heterocycles. The van der Waals surface area contributed by atoms with Gasteiger partial charge in [0.1, 0.15) is 0 Å². The summed E-state index contributed by atoms with van der Waals surface area (Å²) in [4.78, 5) is 0. The molecule has 0 aromatic carbocycles. The summed E-state index contributed by atoms with van der Waals surface area (Å²) in [5, 5.41) is 0. The third-order valence-electron chi connectivity index (χ3n) is 4.65. The van der Waals surface area contributed by atoms with E-state index < -0.39 is 0 Å². The van der Waals surface area contributed by atoms with Gasteiger partial charge in [-0.3, -0.25) is 0 Å². The highest BCUT2D eigenvalue weighted by atomic mass is 16.5. The molecule has 0 aromatic rings. The van der Waals surface area contributed by atoms with Gasteiger partial charge in [-0.05, 0) is 25.7 Å². The Bertz CT molecular complexity index is 184. The van der Waals surface area contributed by atoms with Gasteiger partial charge in [-0.2, -0.15) is 0 Å². The van der Waals surface area contributed by atoms with Crippen LogP contribution in [-0.4, -0.2) is 12.7 Å². The monoisotopic (exact) mass is 282 g/mol. The molecule has 1 atom stereocenters. The molecule has 0 saturated carbocycles. The molecule has 0 aromatic heterocycles. The van der Waals surface area contributed by atoms with Crippen molar-refractivity contribution in [2.24, 2.45) is 0 Å². The average Bonchev–Trinajstić information content (AvgIpc) is 2.49. The molecule has 0 spiro atoms. The van der Waals surface area contributed by atoms with E-state index in [0.29, 0.717) is 6.10 Å². The summed E-state index contributed by atoms with van der Waals surface area (Å²) in [7, 11) is 0. The maximum atomic E-state index is 5.78. The predicted molar refractivity (Wildman–Crippen MR) is 89.3 cm³/mol. The van der Waals surface area contributed by atoms with Crippen molar-refractivity contribution < 1.29 is 4.74 Å². The standard InChI is InChI=1S/C19H38O/c1-2-3-4-5-6-7-8-9-10-11-12-13-16-19-17-14-15-18-20-19/h19H,2-18H2,1H3. The van der Waals surface area contributed by atoms with E-state index in [2.05, 4.69) is 6.92 Å². The van der Waals surface area contributed by atoms with Gasteiger partial charge in [-0.25, -0.2) is 0 Å². The van der Waals surface area contributed by atoms with Crippen LogP contribution in [0.2, 0.25) is 0 Å². The minimum atomic E-state index is 0.604. The second-order valence-corrected chi connectivity index (χ2v) is 6.67. The molecule has 120 valence electrons. The number of hydrogen-bond donors (Lipinski definition) is 0. The molecule has 0 aliphatic carbocycles. The quantitative estimate of drug-likeness (QED) is 0.344. The maximum Gasteiger partial charge on any atom is 0.0575 e. The fraction of sp³-hybridized carbons (Fsp3) is 1.00. The Balaban J connectivity index is 1.70. The molecule has 1 unspecified atom stereocenters. The zero-order valence-corrected chi connectivity index (χ0v) is 14.0. The van der Waals surface area contributed by atoms with Crippen molar-refractivity contribution in [2.75, 3.05) is 6.61 Å². The Kier molecular flexibility index (Phi) is 12.5. The van der Waals surface area contributed by atoms with Crippen molar-refractivity contribution >= 4 is 0 Å². The predicted octanol–water partition coefficient (Wildman–Crippen LogP) is 6.65. The Morgan fingerprint density at radius 2 is 1.25 bits per heavy atom. The van der Waals surface area contributed by atoms with Crippen molar-refractivity contribution in [1.82, 2.24) is 0 Å². The Morgan fingerprint density at radius 3 is 1.75 bits per heavy atom. The second-order valence-electron chi connectivity index (χ2n) is 6.67. The lowest BCUT2D eigenvalue weighted by Crippen LogP contribution is -2.18. The first-order valence-electron chi connectivity index (χ1n) is 9.55. The molecule has 0 amide bonds. The largest absolute Gasteiger partial charge is 0.378 e. The third-order valence-corrected chi connectivity index (χ3v) is 4.65. The first-order valence-corrected chi connectivity index (χ1v) is 9.55. The van der Waals surface area contributed by atoms with E-state index >= 15 is 0 Å². The van der Waals surface area contributed by atoms with Gasteiger partial charge in [-0.15, -0.1) is 0 Å². The van der Waals surface area contributed by atoms with Crippen LogP contribution in [0.3, 0.4) is 0 Å². The summed E-state index contributed by atoms with van der Waals surface area (Å²) in [6.45, 7) is 3.31. The van der Waals surface area contributed by atoms with E-state index in [-0.39, 0.29) is 0 Å². The SMILES string of the molecule is CCCCCCCCCCCCCCC1CCCCO1. The molecule has 0 radical (unpaired) electrons. The lowest BCUT2D eigenvalue weighted by Gasteiger charge is -2.22. The fourth-order valence-electron chi connectivity index (χ4n) is 3.25. The molecule has 1 aliphatic rings. The highest BCUT2D eigenvalue weighted by molar-refractivity contribution is 4.63. The van der Waals surface area contributed by atoms with Crippen LogP contribution in [0.5, 0.6) is 0 Å². The smallest absolute Gasteiger partial charge is 0.0575 e. The van der Waals surface area contributed by atoms with E-state index in [4.69, 9.17) is 4.74 Å². The molecule has 1 heterocycles. The van der Waals surface area contributed by atoms with Crippen molar-refractivity contribution in [3.63, 3.8) is 0 Å². The number of rotatable bonds is 13. The molecule has 1 fully saturated rings. The second kappa shape index (κ2) is 13.9. The van der Waals surface area contributed by atoms with Crippen LogP contribution < -0.4 is 0 Å². The summed E-state index contributed by atoms with van der Waals surface area (Å²) in [6.07, 6.45) is 23.2. The molecule has 1 heteroatoms. The number of unbranched alkanes of at least 4 members (excludes halogenated alkanes) is 11. The van der Waals surface area contributed by atoms with Crippen LogP contribution in [-0.2, 0) is 4.74 Å². The van der Waals surface area contributed by atoms with E-state index in [0.717, 1.165) is 6.61 Å². The lowest BCUT2D eigenvalue weighted by molar-refractivity contribution is 0.00977. The van der Waals surface area contributed by atoms with E-state index in [1.165, 1.54) is 103 Å². The van der Waals surface area contributed by atoms with Gasteiger partial charge in [0, 0.05) is 6.61 Å². The van der Waals surface area contributed by atoms with Crippen LogP contribution in [0.4, 0.5) is 0 Å². The van der Waals surface area contributed by atoms with E-state index in [9.17, 15) is 0 Å². The third kappa shape index (κ3) is 10.7. The first-order chi connectivity index (χ1) is 9.93. The zero-order chi connectivity index (χ0) is 14.3. The van der Waals surface area contributed by atoms with Crippen molar-refractivity contribution in [3.8, 4) is 0 Å². The zero-order valence-electron chi connectivity index (χ0n) is 14.0. The molecular formula is C19H38O. The van der Waals surface area contributed by atoms with Crippen molar-refractivity contribution in [3.05, 3.63) is 0 Å². The van der Waals surface area contributed by atoms with Gasteiger partial charge in [0.2, 0.25) is 0 Å². The highest BCUT2D eigenvalue weighted by Gasteiger charge is 2.12. The number of ether oxygens (including phenoxy) is 1. The molecule has 1 rings (SSSR count). The van der Waals surface area contributed by atoms with Gasteiger partial charge in [0.05, 0.1) is 6.10 Å². The van der Waals surface area contributed by atoms with Crippen LogP contribution in [0.1, 0.15) is 110 Å². The molecule has 0 bridgehead atoms. The fourth-order valence-corrected chi connectivity index (χ4v) is 3.25. The van der Waals surface area contributed by atoms with Gasteiger partial charge in [0.15, 0.2) is 0 Å². The Labute approximate surface area is 127 Å². The van der Waals surface area contributed by atoms with Gasteiger partial charge in [0.25, 0.3) is 0 Å². The normalized spacial score (nSPS) is 19.4. The Morgan fingerprint density at radius 1 is 0.700 bits per heavy atom. The Hall–Kier alpha value is -0.0400. The summed E-state index contributed by atoms with van der Waals surface area (Å²) in [5.41, 5.74) is 0.